The van der Waals surface area contributed by atoms with Crippen LogP contribution < -0.4 is 5.32 Å². The van der Waals surface area contributed by atoms with Gasteiger partial charge in [-0.3, -0.25) is 5.32 Å². The summed E-state index contributed by atoms with van der Waals surface area (Å²) in [5.74, 6) is -1.12. The average molecular weight is 281 g/mol. The van der Waals surface area contributed by atoms with Crippen molar-refractivity contribution in [2.24, 2.45) is 0 Å². The van der Waals surface area contributed by atoms with Crippen molar-refractivity contribution >= 4 is 17.7 Å². The van der Waals surface area contributed by atoms with E-state index >= 15 is 0 Å². The molecule has 5 nitrogen and oxygen atoms in total. The van der Waals surface area contributed by atoms with Gasteiger partial charge in [-0.15, -0.1) is 0 Å². The minimum absolute atomic E-state index is 0.349. The Hall–Kier alpha value is -2.37. The van der Waals surface area contributed by atoms with Crippen LogP contribution in [0.1, 0.15) is 13.3 Å². The molecule has 0 heterocycles. The van der Waals surface area contributed by atoms with Crippen LogP contribution in [0.5, 0.6) is 0 Å². The predicted molar refractivity (Wildman–Crippen MR) is 71.7 cm³/mol. The number of rotatable bonds is 5. The summed E-state index contributed by atoms with van der Waals surface area (Å²) in [5.41, 5.74) is 0.772. The van der Waals surface area contributed by atoms with Crippen LogP contribution in [-0.2, 0) is 14.3 Å². The van der Waals surface area contributed by atoms with E-state index in [1.807, 2.05) is 0 Å². The van der Waals surface area contributed by atoms with Gasteiger partial charge < -0.3 is 9.47 Å². The number of methoxy groups -OCH3 is 1. The normalized spacial score (nSPS) is 11.3. The van der Waals surface area contributed by atoms with Crippen LogP contribution in [0, 0.1) is 5.82 Å². The third-order valence-corrected chi connectivity index (χ3v) is 2.56. The summed E-state index contributed by atoms with van der Waals surface area (Å²) in [6.45, 7) is 5.44. The Bertz CT molecular complexity index is 482. The van der Waals surface area contributed by atoms with Gasteiger partial charge in [-0.2, -0.15) is 0 Å². The number of ether oxygens (including phenoxy) is 2. The summed E-state index contributed by atoms with van der Waals surface area (Å²) in [4.78, 5) is 23.2. The Morgan fingerprint density at radius 2 is 1.95 bits per heavy atom. The number of esters is 1. The maximum Gasteiger partial charge on any atom is 0.412 e. The summed E-state index contributed by atoms with van der Waals surface area (Å²) in [7, 11) is 1.19. The maximum atomic E-state index is 12.7. The van der Waals surface area contributed by atoms with Gasteiger partial charge in [0.1, 0.15) is 5.82 Å². The molecule has 1 aromatic rings. The van der Waals surface area contributed by atoms with Gasteiger partial charge in [0.05, 0.1) is 7.11 Å². The highest BCUT2D eigenvalue weighted by Crippen LogP contribution is 2.13. The molecule has 1 unspecified atom stereocenters. The molecule has 0 bridgehead atoms. The van der Waals surface area contributed by atoms with Crippen molar-refractivity contribution in [3.05, 3.63) is 42.2 Å². The second kappa shape index (κ2) is 7.28. The highest BCUT2D eigenvalue weighted by molar-refractivity contribution is 5.88. The van der Waals surface area contributed by atoms with Crippen LogP contribution in [0.25, 0.3) is 0 Å². The molecule has 0 aromatic heterocycles. The molecular weight excluding hydrogens is 265 g/mol. The van der Waals surface area contributed by atoms with Crippen LogP contribution in [0.4, 0.5) is 14.9 Å². The fourth-order valence-electron chi connectivity index (χ4n) is 1.38. The average Bonchev–Trinajstić information content (AvgIpc) is 2.45. The van der Waals surface area contributed by atoms with Crippen LogP contribution >= 0.6 is 0 Å². The molecule has 1 N–H and O–H groups in total. The van der Waals surface area contributed by atoms with Crippen molar-refractivity contribution in [1.29, 1.82) is 0 Å². The largest absolute Gasteiger partial charge is 0.466 e. The van der Waals surface area contributed by atoms with E-state index in [-0.39, 0.29) is 0 Å². The number of hydrogen-bond donors (Lipinski definition) is 1. The van der Waals surface area contributed by atoms with Crippen LogP contribution in [0.3, 0.4) is 0 Å². The number of amides is 1. The first kappa shape index (κ1) is 15.7. The van der Waals surface area contributed by atoms with Gasteiger partial charge in [0, 0.05) is 5.69 Å². The van der Waals surface area contributed by atoms with Gasteiger partial charge in [0.15, 0.2) is 0 Å². The Kier molecular flexibility index (Phi) is 5.71. The van der Waals surface area contributed by atoms with E-state index in [1.54, 1.807) is 6.92 Å². The van der Waals surface area contributed by atoms with Gasteiger partial charge >= 0.3 is 12.1 Å². The van der Waals surface area contributed by atoms with Crippen molar-refractivity contribution in [1.82, 2.24) is 0 Å². The number of carbonyl (C=O) groups is 2. The number of halogens is 1. The lowest BCUT2D eigenvalue weighted by Crippen LogP contribution is -2.31. The molecule has 20 heavy (non-hydrogen) atoms. The minimum Gasteiger partial charge on any atom is -0.466 e. The highest BCUT2D eigenvalue weighted by Gasteiger charge is 2.25. The molecule has 0 aliphatic heterocycles. The lowest BCUT2D eigenvalue weighted by molar-refractivity contribution is -0.148. The Labute approximate surface area is 116 Å². The molecule has 0 saturated carbocycles. The molecule has 1 amide bonds. The fourth-order valence-corrected chi connectivity index (χ4v) is 1.38. The second-order valence-corrected chi connectivity index (χ2v) is 3.95. The van der Waals surface area contributed by atoms with Crippen molar-refractivity contribution < 1.29 is 23.5 Å². The van der Waals surface area contributed by atoms with E-state index in [4.69, 9.17) is 4.74 Å². The first-order valence-electron chi connectivity index (χ1n) is 5.96. The Morgan fingerprint density at radius 1 is 1.35 bits per heavy atom. The van der Waals surface area contributed by atoms with E-state index < -0.39 is 24.0 Å². The summed E-state index contributed by atoms with van der Waals surface area (Å²) >= 11 is 0. The van der Waals surface area contributed by atoms with E-state index in [2.05, 4.69) is 16.6 Å². The smallest absolute Gasteiger partial charge is 0.412 e. The topological polar surface area (TPSA) is 64.6 Å². The monoisotopic (exact) mass is 281 g/mol. The first-order valence-corrected chi connectivity index (χ1v) is 5.96. The molecule has 1 rings (SSSR count). The second-order valence-electron chi connectivity index (χ2n) is 3.95. The maximum absolute atomic E-state index is 12.7. The lowest BCUT2D eigenvalue weighted by atomic mass is 10.1. The third kappa shape index (κ3) is 4.38. The van der Waals surface area contributed by atoms with Crippen molar-refractivity contribution in [3.8, 4) is 0 Å². The summed E-state index contributed by atoms with van der Waals surface area (Å²) in [6.07, 6.45) is -1.55. The lowest BCUT2D eigenvalue weighted by Gasteiger charge is -2.17. The van der Waals surface area contributed by atoms with Gasteiger partial charge in [0.2, 0.25) is 6.10 Å². The van der Waals surface area contributed by atoms with Crippen LogP contribution in [0.2, 0.25) is 0 Å². The SMILES string of the molecule is C=C(CC)C(OC(=O)Nc1ccc(F)cc1)C(=O)OC. The number of nitrogens with one attached hydrogen (secondary N) is 1. The Morgan fingerprint density at radius 3 is 2.45 bits per heavy atom. The minimum atomic E-state index is -1.16. The summed E-state index contributed by atoms with van der Waals surface area (Å²) in [5, 5.41) is 2.38. The predicted octanol–water partition coefficient (Wildman–Crippen LogP) is 2.88. The molecule has 0 saturated heterocycles. The molecule has 1 atom stereocenters. The Balaban J connectivity index is 2.68. The molecule has 0 aliphatic rings. The molecule has 6 heteroatoms. The van der Waals surface area contributed by atoms with Crippen LogP contribution in [0.15, 0.2) is 36.4 Å². The van der Waals surface area contributed by atoms with Gasteiger partial charge in [-0.05, 0) is 36.3 Å². The molecule has 0 spiro atoms. The molecule has 108 valence electrons. The summed E-state index contributed by atoms with van der Waals surface area (Å²) in [6, 6.07) is 5.13. The fraction of sp³-hybridized carbons (Fsp3) is 0.286. The zero-order valence-electron chi connectivity index (χ0n) is 11.3. The molecule has 0 fully saturated rings. The van der Waals surface area contributed by atoms with Crippen molar-refractivity contribution in [2.45, 2.75) is 19.4 Å². The van der Waals surface area contributed by atoms with Gasteiger partial charge in [-0.1, -0.05) is 13.5 Å². The molecule has 1 aromatic carbocycles. The first-order chi connectivity index (χ1) is 9.47. The van der Waals surface area contributed by atoms with E-state index in [9.17, 15) is 14.0 Å². The number of hydrogen-bond acceptors (Lipinski definition) is 4. The molecular formula is C14H16FNO4. The van der Waals surface area contributed by atoms with Crippen LogP contribution in [-0.4, -0.2) is 25.3 Å². The van der Waals surface area contributed by atoms with Gasteiger partial charge in [-0.25, -0.2) is 14.0 Å². The summed E-state index contributed by atoms with van der Waals surface area (Å²) < 4.78 is 22.2. The third-order valence-electron chi connectivity index (χ3n) is 2.56. The zero-order valence-corrected chi connectivity index (χ0v) is 11.3. The number of anilines is 1. The standard InChI is InChI=1S/C14H16FNO4/c1-4-9(2)12(13(17)19-3)20-14(18)16-11-7-5-10(15)6-8-11/h5-8,12H,2,4H2,1,3H3,(H,16,18). The van der Waals surface area contributed by atoms with E-state index in [1.165, 1.54) is 31.4 Å². The molecule has 0 aliphatic carbocycles. The van der Waals surface area contributed by atoms with Gasteiger partial charge in [0.25, 0.3) is 0 Å². The quantitative estimate of drug-likeness (QED) is 0.665. The zero-order chi connectivity index (χ0) is 15.1. The van der Waals surface area contributed by atoms with E-state index in [0.717, 1.165) is 0 Å². The molecule has 0 radical (unpaired) electrons. The number of benzene rings is 1. The number of carbonyl (C=O) groups excluding carboxylic acids is 2. The van der Waals surface area contributed by atoms with Crippen molar-refractivity contribution in [3.63, 3.8) is 0 Å². The van der Waals surface area contributed by atoms with E-state index in [0.29, 0.717) is 17.7 Å². The van der Waals surface area contributed by atoms with Crippen molar-refractivity contribution in [2.75, 3.05) is 12.4 Å². The highest BCUT2D eigenvalue weighted by atomic mass is 19.1.